The standard InChI is InChI=1S/C20H22BrN7O4S2.C18H20BrN7O3S2.C15H24BNO5S2.C10H9Br2N5.C9H12BrNO3S2.C5H11NO.C5H10Si.C4H2BrClO2S2/c1-11(29)22-7-8-24-34(31,32)18-6-5-16(33-18)20-23-10-14(21)19(26-20)25-17-9-15(13-3-4-13)28(27-17)12(2)30;1-10(27)20-6-7-22-31(28,29)16-5-4-14(30-16)18-21-9-12(19)17(24-18)23-15-8-13(25-26-15)11-2-3-11;1-11(18)17-9-6-10-24(19,20)13-8-7-12(23-13)16-21-14(2,3)15(4,5)22-16;11-6-4-13-10(12)15-9(6)14-8-3-7(16-17-8)5-1-2-5;1-7(12)11-5-2-6-16(13,14)9-4-3-8(10)15-9;1-5(7)3-2-4-6;1-5-6(2,3)4;5-3-1-2-4(9-3)10(6,7)8/h5-6,9-10,13,24H,3-4,7-8H2,1-2H3,(H,22,29)(H,23,25,26,27);4-5,8-9,11,22H,2-3,6-7H2,1H3,(H,20,27)(H2,21,23,24,25,26);7-8H,6,9-10H2,1-5H3,(H,17,18);3-5H,1-2H2,(H2,13,14,15,16,17);3-4H,2,5-6H2,1H3,(H,11,12);2-4,6H2,1H3;1H,2-4H3;1-2H. The highest BCUT2D eigenvalue weighted by Gasteiger charge is 2.52. The smallest absolute Gasteiger partial charge is 0.399 e. The molecule has 11 aromatic heterocycles. The van der Waals surface area contributed by atoms with Gasteiger partial charge in [-0.15, -0.1) is 73.7 Å². The van der Waals surface area contributed by atoms with Gasteiger partial charge in [-0.05, 0) is 249 Å². The van der Waals surface area contributed by atoms with Gasteiger partial charge in [0, 0.05) is 162 Å². The molecule has 0 radical (unpaired) electrons. The lowest BCUT2D eigenvalue weighted by Crippen LogP contribution is -2.41. The molecule has 15 rings (SSSR count). The first-order chi connectivity index (χ1) is 67.9. The molecule has 788 valence electrons. The normalized spacial score (nSPS) is 14.1. The lowest BCUT2D eigenvalue weighted by Gasteiger charge is -2.32. The number of carbonyl (C=O) groups excluding carboxylic acids is 6. The fourth-order valence-corrected chi connectivity index (χ4v) is 26.4. The molecule has 0 atom stereocenters. The van der Waals surface area contributed by atoms with Gasteiger partial charge in [-0.2, -0.15) is 10.2 Å². The molecule has 0 unspecified atom stereocenters. The number of halogens is 7. The minimum Gasteiger partial charge on any atom is -0.399 e. The van der Waals surface area contributed by atoms with Crippen LogP contribution in [0, 0.1) is 12.0 Å². The molecular formula is C86H110BBr6ClN22O18S10Si. The predicted molar refractivity (Wildman–Crippen MR) is 592 cm³/mol. The van der Waals surface area contributed by atoms with E-state index < -0.39 is 75.2 Å². The van der Waals surface area contributed by atoms with Crippen molar-refractivity contribution in [3.63, 3.8) is 0 Å². The number of rotatable bonds is 36. The number of Topliss-reactive ketones (excluding diaryl/α,β-unsaturated/α-hetero) is 1. The van der Waals surface area contributed by atoms with Gasteiger partial charge in [-0.25, -0.2) is 86.1 Å². The number of anilines is 6. The number of hydrogen-bond acceptors (Lipinski definition) is 36. The average Bonchev–Trinajstić information content (AvgIpc) is 1.61. The topological polar surface area (TPSA) is 578 Å². The van der Waals surface area contributed by atoms with E-state index in [1.54, 1.807) is 68.0 Å². The molecule has 1 aliphatic heterocycles. The van der Waals surface area contributed by atoms with Crippen molar-refractivity contribution in [3.05, 3.63) is 140 Å². The summed E-state index contributed by atoms with van der Waals surface area (Å²) >= 11 is 25.4. The first kappa shape index (κ1) is 123. The highest BCUT2D eigenvalue weighted by molar-refractivity contribution is 9.11. The Hall–Kier alpha value is -7.45. The number of sulfonamides is 2. The van der Waals surface area contributed by atoms with E-state index in [-0.39, 0.29) is 85.6 Å². The quantitative estimate of drug-likeness (QED) is 0.00570. The van der Waals surface area contributed by atoms with Crippen LogP contribution in [0.4, 0.5) is 34.9 Å². The molecule has 0 bridgehead atoms. The number of nitrogens with zero attached hydrogens (tertiary/aromatic N) is 10. The fraction of sp³-hybridized carbons (Fsp3) is 0.430. The Bertz CT molecular complexity index is 6950. The number of thiophene rings is 5. The Kier molecular flexibility index (Phi) is 47.5. The van der Waals surface area contributed by atoms with Crippen LogP contribution in [0.1, 0.15) is 173 Å². The van der Waals surface area contributed by atoms with Gasteiger partial charge in [0.05, 0.1) is 59.1 Å². The van der Waals surface area contributed by atoms with Gasteiger partial charge in [0.25, 0.3) is 9.05 Å². The first-order valence-electron chi connectivity index (χ1n) is 44.3. The fourth-order valence-electron chi connectivity index (χ4n) is 11.6. The molecule has 3 aliphatic carbocycles. The summed E-state index contributed by atoms with van der Waals surface area (Å²) in [6, 6.07) is 21.9. The highest BCUT2D eigenvalue weighted by atomic mass is 79.9. The van der Waals surface area contributed by atoms with Gasteiger partial charge in [0.2, 0.25) is 49.6 Å². The van der Waals surface area contributed by atoms with Crippen LogP contribution >= 0.6 is 163 Å². The van der Waals surface area contributed by atoms with Crippen LogP contribution in [0.2, 0.25) is 19.6 Å². The van der Waals surface area contributed by atoms with Crippen LogP contribution < -0.4 is 57.2 Å². The summed E-state index contributed by atoms with van der Waals surface area (Å²) in [5.41, 5.74) is 10.1. The number of amides is 4. The summed E-state index contributed by atoms with van der Waals surface area (Å²) in [5.74, 6) is 5.26. The Balaban J connectivity index is 0.000000214. The van der Waals surface area contributed by atoms with Crippen LogP contribution in [0.3, 0.4) is 0 Å². The number of carbonyl (C=O) groups is 6. The third-order valence-electron chi connectivity index (χ3n) is 20.0. The second-order valence-corrected chi connectivity index (χ2v) is 61.9. The van der Waals surface area contributed by atoms with E-state index in [0.717, 1.165) is 87.3 Å². The largest absolute Gasteiger partial charge is 0.505 e. The number of nitrogens with one attached hydrogen (secondary N) is 11. The van der Waals surface area contributed by atoms with E-state index in [4.69, 9.17) is 32.1 Å². The van der Waals surface area contributed by atoms with Crippen molar-refractivity contribution in [3.8, 4) is 33.4 Å². The summed E-state index contributed by atoms with van der Waals surface area (Å²) in [6.07, 6.45) is 19.2. The van der Waals surface area contributed by atoms with Crippen molar-refractivity contribution >= 4 is 302 Å². The summed E-state index contributed by atoms with van der Waals surface area (Å²) < 4.78 is 144. The van der Waals surface area contributed by atoms with Gasteiger partial charge in [0.1, 0.15) is 46.5 Å². The summed E-state index contributed by atoms with van der Waals surface area (Å²) in [4.78, 5) is 92.3. The molecule has 4 amide bonds. The van der Waals surface area contributed by atoms with Crippen LogP contribution in [0.25, 0.3) is 21.4 Å². The molecule has 1 saturated heterocycles. The number of aromatic nitrogens is 12. The number of sulfone groups is 2. The second-order valence-electron chi connectivity index (χ2n) is 34.2. The number of ketones is 1. The van der Waals surface area contributed by atoms with Crippen LogP contribution in [-0.2, 0) is 82.1 Å². The predicted octanol–water partition coefficient (Wildman–Crippen LogP) is 16.3. The summed E-state index contributed by atoms with van der Waals surface area (Å²) in [7, 11) is -14.1. The van der Waals surface area contributed by atoms with Gasteiger partial charge in [0.15, 0.2) is 59.3 Å². The molecule has 13 N–H and O–H groups in total. The van der Waals surface area contributed by atoms with Gasteiger partial charge in [-0.1, -0.05) is 25.7 Å². The van der Waals surface area contributed by atoms with Gasteiger partial charge < -0.3 is 57.1 Å². The Morgan fingerprint density at radius 1 is 0.510 bits per heavy atom. The Morgan fingerprint density at radius 2 is 0.897 bits per heavy atom. The minimum atomic E-state index is -3.73. The zero-order valence-electron chi connectivity index (χ0n) is 80.7. The first-order valence-corrected chi connectivity index (χ1v) is 65.3. The molecule has 3 saturated carbocycles. The monoisotopic (exact) mass is 2610 g/mol. The molecule has 11 aromatic rings. The lowest BCUT2D eigenvalue weighted by atomic mass is 9.88. The number of H-pyrrole nitrogens is 2. The van der Waals surface area contributed by atoms with E-state index in [9.17, 15) is 70.9 Å². The third kappa shape index (κ3) is 41.7. The van der Waals surface area contributed by atoms with Gasteiger partial charge >= 0.3 is 7.12 Å². The van der Waals surface area contributed by atoms with E-state index >= 15 is 0 Å². The summed E-state index contributed by atoms with van der Waals surface area (Å²) in [5, 5.41) is 38.6. The van der Waals surface area contributed by atoms with Crippen molar-refractivity contribution in [2.75, 3.05) is 73.3 Å². The molecule has 59 heteroatoms. The Morgan fingerprint density at radius 3 is 1.26 bits per heavy atom. The highest BCUT2D eigenvalue weighted by Crippen LogP contribution is 2.45. The number of terminal acetylenes is 1. The molecule has 40 nitrogen and oxygen atoms in total. The minimum absolute atomic E-state index is 0.00337. The van der Waals surface area contributed by atoms with E-state index in [1.807, 2.05) is 45.9 Å². The zero-order valence-corrected chi connectivity index (χ0v) is 100. The van der Waals surface area contributed by atoms with E-state index in [2.05, 4.69) is 223 Å². The molecule has 12 heterocycles. The van der Waals surface area contributed by atoms with Crippen molar-refractivity contribution < 1.29 is 80.2 Å². The van der Waals surface area contributed by atoms with Crippen LogP contribution in [0.5, 0.6) is 0 Å². The van der Waals surface area contributed by atoms with Gasteiger partial charge in [-0.3, -0.25) is 34.2 Å². The number of aromatic amines is 2. The maximum atomic E-state index is 12.5. The third-order valence-corrected chi connectivity index (χ3v) is 40.3. The molecule has 0 aromatic carbocycles. The Labute approximate surface area is 919 Å². The van der Waals surface area contributed by atoms with Crippen LogP contribution in [0.15, 0.2) is 144 Å². The maximum absolute atomic E-state index is 12.5. The molecular weight excluding hydrogens is 2500 g/mol. The van der Waals surface area contributed by atoms with Crippen molar-refractivity contribution in [1.82, 2.24) is 90.8 Å². The van der Waals surface area contributed by atoms with Crippen molar-refractivity contribution in [2.24, 2.45) is 5.73 Å². The molecule has 4 fully saturated rings. The van der Waals surface area contributed by atoms with Crippen molar-refractivity contribution in [1.29, 1.82) is 0 Å². The molecule has 0 spiro atoms. The zero-order chi connectivity index (χ0) is 107. The number of hydrogen-bond donors (Lipinski definition) is 12. The molecule has 145 heavy (non-hydrogen) atoms. The second kappa shape index (κ2) is 56.1. The molecule has 4 aliphatic rings. The lowest BCUT2D eigenvalue weighted by molar-refractivity contribution is -0.119. The SMILES string of the molecule is Brc1ncc(Br)c(Nc2cc(C3CC3)[nH]n2)n1.C#C[Si](C)(C)C.CC(=O)CCCN.CC(=O)NCCCS(=O)(=O)c1ccc(B2OC(C)(C)C(C)(C)O2)s1.CC(=O)NCCCS(=O)(=O)c1ccc(Br)s1.CC(=O)NCCNS(=O)(=O)c1ccc(-c2ncc(Br)c(Nc3cc(C4CC4)[nH]n3)n2)s1.CC(=O)NCCNS(=O)(=O)c1ccc(-c2ncc(Br)c(Nc3cc(C4CC4)n(C(C)=O)n3)n2)s1.O=S(=O)(Cl)c1ccc(Br)s1. The summed E-state index contributed by atoms with van der Waals surface area (Å²) in [6.45, 7) is 24.8. The van der Waals surface area contributed by atoms with E-state index in [1.165, 1.54) is 112 Å². The van der Waals surface area contributed by atoms with Crippen molar-refractivity contribution in [2.45, 2.75) is 203 Å². The maximum Gasteiger partial charge on any atom is 0.505 e. The average molecular weight is 2610 g/mol. The number of nitrogens with two attached hydrogens (primary N) is 1. The van der Waals surface area contributed by atoms with E-state index in [0.29, 0.717) is 129 Å². The van der Waals surface area contributed by atoms with Crippen LogP contribution in [-0.4, -0.2) is 221 Å².